The number of carbonyl (C=O) groups excluding carboxylic acids is 1. The highest BCUT2D eigenvalue weighted by atomic mass is 32.2. The summed E-state index contributed by atoms with van der Waals surface area (Å²) in [5, 5.41) is 13.2. The summed E-state index contributed by atoms with van der Waals surface area (Å²) in [4.78, 5) is 13.0. The summed E-state index contributed by atoms with van der Waals surface area (Å²) >= 11 is 2.82. The van der Waals surface area contributed by atoms with Crippen LogP contribution in [0.3, 0.4) is 0 Å². The summed E-state index contributed by atoms with van der Waals surface area (Å²) in [6.07, 6.45) is 0. The van der Waals surface area contributed by atoms with Gasteiger partial charge in [0.25, 0.3) is 11.1 Å². The van der Waals surface area contributed by atoms with E-state index in [9.17, 15) is 4.79 Å². The maximum Gasteiger partial charge on any atom is 0.277 e. The lowest BCUT2D eigenvalue weighted by Crippen LogP contribution is -2.24. The number of thioether (sulfide) groups is 1. The van der Waals surface area contributed by atoms with Crippen LogP contribution < -0.4 is 10.1 Å². The van der Waals surface area contributed by atoms with Crippen molar-refractivity contribution >= 4 is 29.0 Å². The van der Waals surface area contributed by atoms with Crippen LogP contribution in [-0.2, 0) is 11.3 Å². The minimum atomic E-state index is -0.0760. The van der Waals surface area contributed by atoms with Crippen molar-refractivity contribution in [3.8, 4) is 17.2 Å². The minimum Gasteiger partial charge on any atom is -0.493 e. The highest BCUT2D eigenvalue weighted by molar-refractivity contribution is 7.99. The Bertz CT molecular complexity index is 818. The fourth-order valence-electron chi connectivity index (χ4n) is 2.08. The molecule has 130 valence electrons. The van der Waals surface area contributed by atoms with E-state index in [0.717, 1.165) is 10.4 Å². The second kappa shape index (κ2) is 8.68. The predicted molar refractivity (Wildman–Crippen MR) is 97.8 cm³/mol. The Labute approximate surface area is 153 Å². The summed E-state index contributed by atoms with van der Waals surface area (Å²) in [5.74, 6) is 1.22. The summed E-state index contributed by atoms with van der Waals surface area (Å²) in [7, 11) is 0. The molecule has 0 radical (unpaired) electrons. The first-order valence-electron chi connectivity index (χ1n) is 7.74. The van der Waals surface area contributed by atoms with Gasteiger partial charge in [0.1, 0.15) is 5.75 Å². The van der Waals surface area contributed by atoms with E-state index in [2.05, 4.69) is 15.5 Å². The fourth-order valence-corrected chi connectivity index (χ4v) is 3.32. The molecule has 0 aliphatic rings. The van der Waals surface area contributed by atoms with E-state index in [-0.39, 0.29) is 11.7 Å². The van der Waals surface area contributed by atoms with Gasteiger partial charge in [-0.25, -0.2) is 0 Å². The largest absolute Gasteiger partial charge is 0.493 e. The number of rotatable bonds is 8. The topological polar surface area (TPSA) is 77.2 Å². The van der Waals surface area contributed by atoms with Crippen LogP contribution in [0.15, 0.2) is 51.4 Å². The Balaban J connectivity index is 1.56. The van der Waals surface area contributed by atoms with Gasteiger partial charge in [-0.15, -0.1) is 21.5 Å². The van der Waals surface area contributed by atoms with E-state index in [1.807, 2.05) is 48.7 Å². The normalized spacial score (nSPS) is 10.6. The first-order chi connectivity index (χ1) is 12.3. The molecule has 3 aromatic rings. The highest BCUT2D eigenvalue weighted by Crippen LogP contribution is 2.30. The van der Waals surface area contributed by atoms with Gasteiger partial charge >= 0.3 is 0 Å². The number of hydrogen-bond acceptors (Lipinski definition) is 7. The first kappa shape index (κ1) is 17.5. The monoisotopic (exact) mass is 375 g/mol. The number of aromatic nitrogens is 2. The van der Waals surface area contributed by atoms with E-state index >= 15 is 0 Å². The zero-order chi connectivity index (χ0) is 17.5. The van der Waals surface area contributed by atoms with Crippen molar-refractivity contribution in [3.05, 3.63) is 46.7 Å². The van der Waals surface area contributed by atoms with Crippen LogP contribution in [-0.4, -0.2) is 28.5 Å². The van der Waals surface area contributed by atoms with Crippen LogP contribution in [0.2, 0.25) is 0 Å². The summed E-state index contributed by atoms with van der Waals surface area (Å²) < 4.78 is 11.2. The number of thiophene rings is 1. The average Bonchev–Trinajstić information content (AvgIpc) is 3.31. The van der Waals surface area contributed by atoms with E-state index < -0.39 is 0 Å². The fraction of sp³-hybridized carbons (Fsp3) is 0.235. The quantitative estimate of drug-likeness (QED) is 0.606. The molecule has 0 saturated carbocycles. The molecule has 0 unspecified atom stereocenters. The van der Waals surface area contributed by atoms with Gasteiger partial charge < -0.3 is 14.5 Å². The third-order valence-corrected chi connectivity index (χ3v) is 4.89. The van der Waals surface area contributed by atoms with E-state index in [0.29, 0.717) is 30.0 Å². The molecule has 0 spiro atoms. The van der Waals surface area contributed by atoms with Gasteiger partial charge in [-0.1, -0.05) is 30.0 Å². The van der Waals surface area contributed by atoms with Crippen LogP contribution >= 0.6 is 23.1 Å². The molecule has 8 heteroatoms. The smallest absolute Gasteiger partial charge is 0.277 e. The van der Waals surface area contributed by atoms with Gasteiger partial charge in [0, 0.05) is 4.88 Å². The summed E-state index contributed by atoms with van der Waals surface area (Å²) in [6, 6.07) is 11.4. The third-order valence-electron chi connectivity index (χ3n) is 3.19. The Kier molecular flexibility index (Phi) is 6.08. The average molecular weight is 375 g/mol. The van der Waals surface area contributed by atoms with Crippen LogP contribution in [0.5, 0.6) is 5.75 Å². The molecule has 1 amide bonds. The number of nitrogens with one attached hydrogen (secondary N) is 1. The third kappa shape index (κ3) is 4.83. The minimum absolute atomic E-state index is 0.0760. The van der Waals surface area contributed by atoms with Crippen molar-refractivity contribution in [3.63, 3.8) is 0 Å². The molecule has 0 aliphatic carbocycles. The highest BCUT2D eigenvalue weighted by Gasteiger charge is 2.14. The molecule has 25 heavy (non-hydrogen) atoms. The van der Waals surface area contributed by atoms with Gasteiger partial charge in [0.05, 0.1) is 24.5 Å². The maximum absolute atomic E-state index is 11.9. The molecule has 0 fully saturated rings. The molecular formula is C17H17N3O3S2. The van der Waals surface area contributed by atoms with Crippen molar-refractivity contribution < 1.29 is 13.9 Å². The Morgan fingerprint density at radius 1 is 1.28 bits per heavy atom. The molecule has 0 atom stereocenters. The molecule has 0 saturated heterocycles. The molecular weight excluding hydrogens is 358 g/mol. The molecule has 2 aromatic heterocycles. The van der Waals surface area contributed by atoms with E-state index in [1.54, 1.807) is 11.3 Å². The van der Waals surface area contributed by atoms with Crippen LogP contribution in [0, 0.1) is 0 Å². The SMILES string of the molecule is CCOc1ccccc1-c1nnc(SCC(=O)NCc2cccs2)o1. The second-order valence-corrected chi connectivity index (χ2v) is 6.91. The first-order valence-corrected chi connectivity index (χ1v) is 9.60. The number of hydrogen-bond donors (Lipinski definition) is 1. The summed E-state index contributed by atoms with van der Waals surface area (Å²) in [6.45, 7) is 3.01. The number of carbonyl (C=O) groups is 1. The van der Waals surface area contributed by atoms with Gasteiger partial charge in [0.15, 0.2) is 0 Å². The lowest BCUT2D eigenvalue weighted by atomic mass is 10.2. The number of nitrogens with zero attached hydrogens (tertiary/aromatic N) is 2. The van der Waals surface area contributed by atoms with Crippen LogP contribution in [0.1, 0.15) is 11.8 Å². The van der Waals surface area contributed by atoms with Gasteiger partial charge in [-0.3, -0.25) is 4.79 Å². The van der Waals surface area contributed by atoms with Gasteiger partial charge in [0.2, 0.25) is 5.91 Å². The lowest BCUT2D eigenvalue weighted by Gasteiger charge is -2.06. The van der Waals surface area contributed by atoms with E-state index in [1.165, 1.54) is 11.8 Å². The molecule has 2 heterocycles. The molecule has 3 rings (SSSR count). The standard InChI is InChI=1S/C17H17N3O3S2/c1-2-22-14-8-4-3-7-13(14)16-19-20-17(23-16)25-11-15(21)18-10-12-6-5-9-24-12/h3-9H,2,10-11H2,1H3,(H,18,21). The Morgan fingerprint density at radius 3 is 2.96 bits per heavy atom. The Hall–Kier alpha value is -2.32. The van der Waals surface area contributed by atoms with Crippen LogP contribution in [0.4, 0.5) is 0 Å². The molecule has 0 bridgehead atoms. The number of amides is 1. The number of benzene rings is 1. The molecule has 6 nitrogen and oxygen atoms in total. The van der Waals surface area contributed by atoms with Crippen molar-refractivity contribution in [1.29, 1.82) is 0 Å². The zero-order valence-corrected chi connectivity index (χ0v) is 15.2. The number of para-hydroxylation sites is 1. The molecule has 0 aliphatic heterocycles. The van der Waals surface area contributed by atoms with Crippen molar-refractivity contribution in [2.24, 2.45) is 0 Å². The second-order valence-electron chi connectivity index (χ2n) is 4.95. The van der Waals surface area contributed by atoms with Crippen molar-refractivity contribution in [2.45, 2.75) is 18.7 Å². The van der Waals surface area contributed by atoms with Crippen molar-refractivity contribution in [2.75, 3.05) is 12.4 Å². The molecule has 1 N–H and O–H groups in total. The molecule has 1 aromatic carbocycles. The lowest BCUT2D eigenvalue weighted by molar-refractivity contribution is -0.118. The van der Waals surface area contributed by atoms with Gasteiger partial charge in [-0.05, 0) is 30.5 Å². The van der Waals surface area contributed by atoms with Crippen LogP contribution in [0.25, 0.3) is 11.5 Å². The number of ether oxygens (including phenoxy) is 1. The van der Waals surface area contributed by atoms with Crippen molar-refractivity contribution in [1.82, 2.24) is 15.5 Å². The maximum atomic E-state index is 11.9. The van der Waals surface area contributed by atoms with E-state index in [4.69, 9.17) is 9.15 Å². The van der Waals surface area contributed by atoms with Gasteiger partial charge in [-0.2, -0.15) is 0 Å². The zero-order valence-electron chi connectivity index (χ0n) is 13.6. The summed E-state index contributed by atoms with van der Waals surface area (Å²) in [5.41, 5.74) is 0.742. The Morgan fingerprint density at radius 2 is 2.16 bits per heavy atom. The predicted octanol–water partition coefficient (Wildman–Crippen LogP) is 3.61.